The maximum absolute atomic E-state index is 12.1. The maximum Gasteiger partial charge on any atom is 0.260 e. The van der Waals surface area contributed by atoms with Crippen LogP contribution < -0.4 is 10.5 Å². The Morgan fingerprint density at radius 1 is 1.47 bits per heavy atom. The van der Waals surface area contributed by atoms with Crippen molar-refractivity contribution in [1.29, 1.82) is 0 Å². The number of amides is 1. The molecule has 0 fully saturated rings. The van der Waals surface area contributed by atoms with Crippen molar-refractivity contribution in [2.24, 2.45) is 0 Å². The van der Waals surface area contributed by atoms with Crippen molar-refractivity contribution in [2.45, 2.75) is 19.4 Å². The lowest BCUT2D eigenvalue weighted by Crippen LogP contribution is -2.40. The number of anilines is 1. The lowest BCUT2D eigenvalue weighted by molar-refractivity contribution is -0.133. The van der Waals surface area contributed by atoms with Crippen molar-refractivity contribution in [1.82, 2.24) is 4.90 Å². The Morgan fingerprint density at radius 2 is 2.16 bits per heavy atom. The second kappa shape index (κ2) is 7.94. The summed E-state index contributed by atoms with van der Waals surface area (Å²) in [4.78, 5) is 13.8. The zero-order chi connectivity index (χ0) is 14.3. The van der Waals surface area contributed by atoms with E-state index in [0.29, 0.717) is 11.4 Å². The Balaban J connectivity index is 2.53. The van der Waals surface area contributed by atoms with E-state index in [1.165, 1.54) is 0 Å². The van der Waals surface area contributed by atoms with Crippen molar-refractivity contribution in [3.8, 4) is 5.75 Å². The Bertz CT molecular complexity index is 412. The van der Waals surface area contributed by atoms with Gasteiger partial charge in [0.25, 0.3) is 5.91 Å². The van der Waals surface area contributed by atoms with E-state index in [9.17, 15) is 4.79 Å². The van der Waals surface area contributed by atoms with Crippen molar-refractivity contribution in [2.75, 3.05) is 31.4 Å². The van der Waals surface area contributed by atoms with Gasteiger partial charge in [0.15, 0.2) is 6.61 Å². The second-order valence-corrected chi connectivity index (χ2v) is 5.26. The molecule has 0 bridgehead atoms. The summed E-state index contributed by atoms with van der Waals surface area (Å²) in [5.74, 6) is 1.47. The molecule has 1 rings (SSSR count). The van der Waals surface area contributed by atoms with E-state index in [4.69, 9.17) is 10.5 Å². The average molecular weight is 282 g/mol. The molecular formula is C14H22N2O2S. The first-order chi connectivity index (χ1) is 9.10. The lowest BCUT2D eigenvalue weighted by atomic mass is 10.2. The molecule has 106 valence electrons. The minimum absolute atomic E-state index is 0.0234. The standard InChI is InChI=1S/C14H22N2O2S/c1-4-11(10-19-3)16(2)14(17)9-18-13-8-6-5-7-12(13)15/h5-8,11H,4,9-10,15H2,1-3H3. The zero-order valence-electron chi connectivity index (χ0n) is 11.8. The van der Waals surface area contributed by atoms with Gasteiger partial charge in [-0.3, -0.25) is 4.79 Å². The normalized spacial score (nSPS) is 11.9. The lowest BCUT2D eigenvalue weighted by Gasteiger charge is -2.26. The maximum atomic E-state index is 12.1. The van der Waals surface area contributed by atoms with Gasteiger partial charge in [0.05, 0.1) is 5.69 Å². The third-order valence-corrected chi connectivity index (χ3v) is 3.76. The van der Waals surface area contributed by atoms with Crippen molar-refractivity contribution in [3.63, 3.8) is 0 Å². The van der Waals surface area contributed by atoms with E-state index >= 15 is 0 Å². The minimum Gasteiger partial charge on any atom is -0.482 e. The van der Waals surface area contributed by atoms with Crippen LogP contribution in [0.3, 0.4) is 0 Å². The molecule has 0 spiro atoms. The van der Waals surface area contributed by atoms with Crippen LogP contribution in [0.5, 0.6) is 5.75 Å². The van der Waals surface area contributed by atoms with E-state index in [1.54, 1.807) is 28.8 Å². The number of hydrogen-bond acceptors (Lipinski definition) is 4. The van der Waals surface area contributed by atoms with Gasteiger partial charge in [-0.05, 0) is 24.8 Å². The number of hydrogen-bond donors (Lipinski definition) is 1. The molecule has 0 saturated heterocycles. The number of nitrogen functional groups attached to an aromatic ring is 1. The topological polar surface area (TPSA) is 55.6 Å². The summed E-state index contributed by atoms with van der Waals surface area (Å²) in [7, 11) is 1.82. The number of para-hydroxylation sites is 2. The fourth-order valence-corrected chi connectivity index (χ4v) is 2.60. The summed E-state index contributed by atoms with van der Waals surface area (Å²) in [5, 5.41) is 0. The first-order valence-corrected chi connectivity index (χ1v) is 7.71. The highest BCUT2D eigenvalue weighted by atomic mass is 32.2. The SMILES string of the molecule is CCC(CSC)N(C)C(=O)COc1ccccc1N. The molecule has 1 amide bonds. The van der Waals surface area contributed by atoms with E-state index in [2.05, 4.69) is 6.92 Å². The summed E-state index contributed by atoms with van der Waals surface area (Å²) in [6.07, 6.45) is 2.98. The molecule has 0 aliphatic rings. The summed E-state index contributed by atoms with van der Waals surface area (Å²) >= 11 is 1.74. The number of carbonyl (C=O) groups excluding carboxylic acids is 1. The Labute approximate surface area is 119 Å². The largest absolute Gasteiger partial charge is 0.482 e. The van der Waals surface area contributed by atoms with Crippen LogP contribution >= 0.6 is 11.8 Å². The molecule has 0 aliphatic carbocycles. The van der Waals surface area contributed by atoms with Gasteiger partial charge in [0.2, 0.25) is 0 Å². The molecule has 5 heteroatoms. The Morgan fingerprint density at radius 3 is 2.74 bits per heavy atom. The molecule has 4 nitrogen and oxygen atoms in total. The summed E-state index contributed by atoms with van der Waals surface area (Å²) in [5.41, 5.74) is 6.31. The smallest absolute Gasteiger partial charge is 0.260 e. The number of rotatable bonds is 7. The van der Waals surface area contributed by atoms with E-state index in [0.717, 1.165) is 12.2 Å². The van der Waals surface area contributed by atoms with Gasteiger partial charge in [-0.25, -0.2) is 0 Å². The predicted molar refractivity (Wildman–Crippen MR) is 81.6 cm³/mol. The third-order valence-electron chi connectivity index (χ3n) is 3.04. The molecular weight excluding hydrogens is 260 g/mol. The first-order valence-electron chi connectivity index (χ1n) is 6.32. The molecule has 2 N–H and O–H groups in total. The summed E-state index contributed by atoms with van der Waals surface area (Å²) in [6.45, 7) is 2.11. The Hall–Kier alpha value is -1.36. The molecule has 0 heterocycles. The number of likely N-dealkylation sites (N-methyl/N-ethyl adjacent to an activating group) is 1. The molecule has 0 radical (unpaired) electrons. The highest BCUT2D eigenvalue weighted by Gasteiger charge is 2.18. The molecule has 0 saturated carbocycles. The Kier molecular flexibility index (Phi) is 6.56. The molecule has 0 aliphatic heterocycles. The predicted octanol–water partition coefficient (Wildman–Crippen LogP) is 2.25. The van der Waals surface area contributed by atoms with E-state index in [1.807, 2.05) is 25.4 Å². The van der Waals surface area contributed by atoms with Gasteiger partial charge in [0, 0.05) is 18.8 Å². The van der Waals surface area contributed by atoms with Crippen molar-refractivity contribution in [3.05, 3.63) is 24.3 Å². The van der Waals surface area contributed by atoms with E-state index < -0.39 is 0 Å². The van der Waals surface area contributed by atoms with Gasteiger partial charge in [-0.2, -0.15) is 11.8 Å². The molecule has 19 heavy (non-hydrogen) atoms. The van der Waals surface area contributed by atoms with Crippen molar-refractivity contribution >= 4 is 23.4 Å². The molecule has 1 aromatic rings. The first kappa shape index (κ1) is 15.7. The van der Waals surface area contributed by atoms with Gasteiger partial charge < -0.3 is 15.4 Å². The van der Waals surface area contributed by atoms with Crippen LogP contribution in [0.2, 0.25) is 0 Å². The quantitative estimate of drug-likeness (QED) is 0.779. The second-order valence-electron chi connectivity index (χ2n) is 4.35. The monoisotopic (exact) mass is 282 g/mol. The number of nitrogens with two attached hydrogens (primary N) is 1. The number of benzene rings is 1. The van der Waals surface area contributed by atoms with Gasteiger partial charge in [-0.1, -0.05) is 19.1 Å². The van der Waals surface area contributed by atoms with Crippen LogP contribution in [0.15, 0.2) is 24.3 Å². The average Bonchev–Trinajstić information content (AvgIpc) is 2.42. The van der Waals surface area contributed by atoms with Crippen LogP contribution in [0.1, 0.15) is 13.3 Å². The van der Waals surface area contributed by atoms with Crippen LogP contribution in [-0.4, -0.2) is 42.5 Å². The van der Waals surface area contributed by atoms with Gasteiger partial charge in [-0.15, -0.1) is 0 Å². The minimum atomic E-state index is -0.0239. The number of ether oxygens (including phenoxy) is 1. The zero-order valence-corrected chi connectivity index (χ0v) is 12.6. The molecule has 1 aromatic carbocycles. The number of carbonyl (C=O) groups is 1. The summed E-state index contributed by atoms with van der Waals surface area (Å²) in [6, 6.07) is 7.44. The summed E-state index contributed by atoms with van der Waals surface area (Å²) < 4.78 is 5.47. The van der Waals surface area contributed by atoms with Gasteiger partial charge in [0.1, 0.15) is 5.75 Å². The molecule has 1 unspecified atom stereocenters. The number of nitrogens with zero attached hydrogens (tertiary/aromatic N) is 1. The van der Waals surface area contributed by atoms with Crippen LogP contribution in [0.4, 0.5) is 5.69 Å². The van der Waals surface area contributed by atoms with Crippen LogP contribution in [0, 0.1) is 0 Å². The van der Waals surface area contributed by atoms with E-state index in [-0.39, 0.29) is 18.6 Å². The van der Waals surface area contributed by atoms with Crippen LogP contribution in [-0.2, 0) is 4.79 Å². The highest BCUT2D eigenvalue weighted by molar-refractivity contribution is 7.98. The van der Waals surface area contributed by atoms with Gasteiger partial charge >= 0.3 is 0 Å². The van der Waals surface area contributed by atoms with Crippen LogP contribution in [0.25, 0.3) is 0 Å². The molecule has 0 aromatic heterocycles. The fourth-order valence-electron chi connectivity index (χ4n) is 1.75. The molecule has 1 atom stereocenters. The highest BCUT2D eigenvalue weighted by Crippen LogP contribution is 2.19. The van der Waals surface area contributed by atoms with Crippen molar-refractivity contribution < 1.29 is 9.53 Å². The number of thioether (sulfide) groups is 1. The third kappa shape index (κ3) is 4.67. The fraction of sp³-hybridized carbons (Fsp3) is 0.500.